The fraction of sp³-hybridized carbons (Fsp3) is 0.316. The Hall–Kier alpha value is -1.77. The number of anilines is 1. The van der Waals surface area contributed by atoms with Gasteiger partial charge < -0.3 is 5.32 Å². The van der Waals surface area contributed by atoms with Crippen LogP contribution in [-0.4, -0.2) is 31.7 Å². The number of hydrogen-bond acceptors (Lipinski definition) is 3. The first kappa shape index (κ1) is 20.0. The van der Waals surface area contributed by atoms with E-state index in [0.29, 0.717) is 29.2 Å². The second-order valence-electron chi connectivity index (χ2n) is 6.69. The highest BCUT2D eigenvalue weighted by Gasteiger charge is 2.30. The summed E-state index contributed by atoms with van der Waals surface area (Å²) < 4.78 is 40.9. The fourth-order valence-corrected chi connectivity index (χ4v) is 5.36. The first-order valence-electron chi connectivity index (χ1n) is 8.64. The number of rotatable bonds is 4. The first-order chi connectivity index (χ1) is 12.8. The maximum absolute atomic E-state index is 13.0. The second-order valence-corrected chi connectivity index (χ2v) is 9.45. The molecule has 0 radical (unpaired) electrons. The number of piperidine rings is 1. The van der Waals surface area contributed by atoms with Gasteiger partial charge in [-0.2, -0.15) is 4.31 Å². The largest absolute Gasteiger partial charge is 0.322 e. The molecule has 0 spiro atoms. The molecule has 1 aliphatic heterocycles. The van der Waals surface area contributed by atoms with Crippen molar-refractivity contribution >= 4 is 37.5 Å². The number of halogens is 2. The lowest BCUT2D eigenvalue weighted by molar-refractivity contribution is 0.102. The van der Waals surface area contributed by atoms with Crippen LogP contribution in [-0.2, 0) is 10.0 Å². The van der Waals surface area contributed by atoms with E-state index in [2.05, 4.69) is 28.2 Å². The van der Waals surface area contributed by atoms with Crippen molar-refractivity contribution in [2.24, 2.45) is 5.92 Å². The summed E-state index contributed by atoms with van der Waals surface area (Å²) in [5, 5.41) is 2.64. The maximum atomic E-state index is 13.0. The number of hydrogen-bond donors (Lipinski definition) is 1. The van der Waals surface area contributed by atoms with Crippen LogP contribution >= 0.6 is 15.9 Å². The van der Waals surface area contributed by atoms with E-state index < -0.39 is 21.7 Å². The molecule has 1 amide bonds. The summed E-state index contributed by atoms with van der Waals surface area (Å²) in [6, 6.07) is 9.84. The fourth-order valence-electron chi connectivity index (χ4n) is 2.94. The number of benzene rings is 2. The zero-order valence-corrected chi connectivity index (χ0v) is 17.2. The number of carbonyl (C=O) groups is 1. The van der Waals surface area contributed by atoms with Crippen molar-refractivity contribution in [2.75, 3.05) is 18.4 Å². The SMILES string of the molecule is CC1CCN(S(=O)(=O)c2cc(C(=O)Nc3ccc(F)cc3)ccc2Br)CC1. The second kappa shape index (κ2) is 8.08. The van der Waals surface area contributed by atoms with Crippen LogP contribution in [0.3, 0.4) is 0 Å². The van der Waals surface area contributed by atoms with Gasteiger partial charge in [0.2, 0.25) is 10.0 Å². The minimum atomic E-state index is -3.69. The number of sulfonamides is 1. The zero-order chi connectivity index (χ0) is 19.6. The molecule has 27 heavy (non-hydrogen) atoms. The Bertz CT molecular complexity index is 940. The van der Waals surface area contributed by atoms with E-state index in [1.807, 2.05) is 0 Å². The number of carbonyl (C=O) groups excluding carboxylic acids is 1. The summed E-state index contributed by atoms with van der Waals surface area (Å²) in [7, 11) is -3.69. The van der Waals surface area contributed by atoms with Gasteiger partial charge in [-0.1, -0.05) is 6.92 Å². The van der Waals surface area contributed by atoms with Gasteiger partial charge in [0, 0.05) is 28.8 Å². The van der Waals surface area contributed by atoms with E-state index in [1.54, 1.807) is 12.1 Å². The molecule has 0 unspecified atom stereocenters. The molecule has 144 valence electrons. The van der Waals surface area contributed by atoms with Gasteiger partial charge in [-0.05, 0) is 77.2 Å². The minimum absolute atomic E-state index is 0.0730. The Labute approximate surface area is 166 Å². The molecule has 1 saturated heterocycles. The highest BCUT2D eigenvalue weighted by Crippen LogP contribution is 2.29. The molecule has 3 rings (SSSR count). The van der Waals surface area contributed by atoms with Gasteiger partial charge in [-0.25, -0.2) is 12.8 Å². The lowest BCUT2D eigenvalue weighted by Gasteiger charge is -2.29. The van der Waals surface area contributed by atoms with Gasteiger partial charge in [0.15, 0.2) is 0 Å². The van der Waals surface area contributed by atoms with Crippen LogP contribution in [0.25, 0.3) is 0 Å². The van der Waals surface area contributed by atoms with Crippen molar-refractivity contribution in [3.8, 4) is 0 Å². The molecule has 5 nitrogen and oxygen atoms in total. The topological polar surface area (TPSA) is 66.5 Å². The molecular formula is C19H20BrFN2O3S. The molecule has 0 aromatic heterocycles. The number of nitrogens with one attached hydrogen (secondary N) is 1. The highest BCUT2D eigenvalue weighted by molar-refractivity contribution is 9.10. The van der Waals surface area contributed by atoms with Crippen molar-refractivity contribution in [1.29, 1.82) is 0 Å². The summed E-state index contributed by atoms with van der Waals surface area (Å²) in [6.45, 7) is 3.06. The monoisotopic (exact) mass is 454 g/mol. The van der Waals surface area contributed by atoms with Crippen LogP contribution < -0.4 is 5.32 Å². The van der Waals surface area contributed by atoms with Crippen LogP contribution in [0.4, 0.5) is 10.1 Å². The van der Waals surface area contributed by atoms with E-state index in [1.165, 1.54) is 34.6 Å². The van der Waals surface area contributed by atoms with E-state index >= 15 is 0 Å². The van der Waals surface area contributed by atoms with Crippen LogP contribution in [0.2, 0.25) is 0 Å². The third kappa shape index (κ3) is 4.56. The molecule has 2 aromatic carbocycles. The van der Waals surface area contributed by atoms with E-state index in [0.717, 1.165) is 12.8 Å². The Balaban J connectivity index is 1.85. The van der Waals surface area contributed by atoms with Crippen molar-refractivity contribution in [1.82, 2.24) is 4.31 Å². The Morgan fingerprint density at radius 3 is 2.41 bits per heavy atom. The Morgan fingerprint density at radius 2 is 1.78 bits per heavy atom. The normalized spacial score (nSPS) is 16.3. The third-order valence-corrected chi connectivity index (χ3v) is 7.55. The van der Waals surface area contributed by atoms with Gasteiger partial charge in [0.25, 0.3) is 5.91 Å². The minimum Gasteiger partial charge on any atom is -0.322 e. The molecule has 1 N–H and O–H groups in total. The molecule has 1 heterocycles. The van der Waals surface area contributed by atoms with Gasteiger partial charge >= 0.3 is 0 Å². The summed E-state index contributed by atoms with van der Waals surface area (Å²) in [6.07, 6.45) is 1.64. The molecule has 0 saturated carbocycles. The lowest BCUT2D eigenvalue weighted by atomic mass is 10.0. The van der Waals surface area contributed by atoms with Crippen molar-refractivity contribution in [3.63, 3.8) is 0 Å². The zero-order valence-electron chi connectivity index (χ0n) is 14.8. The average molecular weight is 455 g/mol. The van der Waals surface area contributed by atoms with Gasteiger partial charge in [0.05, 0.1) is 4.90 Å². The van der Waals surface area contributed by atoms with Crippen LogP contribution in [0.5, 0.6) is 0 Å². The van der Waals surface area contributed by atoms with Crippen LogP contribution in [0.15, 0.2) is 51.8 Å². The number of amides is 1. The molecule has 2 aromatic rings. The van der Waals surface area contributed by atoms with Crippen molar-refractivity contribution in [2.45, 2.75) is 24.7 Å². The quantitative estimate of drug-likeness (QED) is 0.750. The predicted molar refractivity (Wildman–Crippen MR) is 106 cm³/mol. The first-order valence-corrected chi connectivity index (χ1v) is 10.9. The van der Waals surface area contributed by atoms with E-state index in [4.69, 9.17) is 0 Å². The Kier molecular flexibility index (Phi) is 5.98. The standard InChI is InChI=1S/C19H20BrFN2O3S/c1-13-8-10-23(11-9-13)27(25,26)18-12-14(2-7-17(18)20)19(24)22-16-5-3-15(21)4-6-16/h2-7,12-13H,8-11H2,1H3,(H,22,24). The summed E-state index contributed by atoms with van der Waals surface area (Å²) in [5.74, 6) is -0.355. The lowest BCUT2D eigenvalue weighted by Crippen LogP contribution is -2.38. The van der Waals surface area contributed by atoms with E-state index in [-0.39, 0.29) is 10.5 Å². The van der Waals surface area contributed by atoms with Crippen molar-refractivity contribution in [3.05, 3.63) is 58.3 Å². The third-order valence-electron chi connectivity index (χ3n) is 4.66. The summed E-state index contributed by atoms with van der Waals surface area (Å²) in [5.41, 5.74) is 0.644. The highest BCUT2D eigenvalue weighted by atomic mass is 79.9. The van der Waals surface area contributed by atoms with E-state index in [9.17, 15) is 17.6 Å². The average Bonchev–Trinajstić information content (AvgIpc) is 2.64. The van der Waals surface area contributed by atoms with Gasteiger partial charge in [-0.3, -0.25) is 4.79 Å². The molecular weight excluding hydrogens is 435 g/mol. The van der Waals surface area contributed by atoms with Gasteiger partial charge in [0.1, 0.15) is 5.82 Å². The molecule has 1 fully saturated rings. The molecule has 0 bridgehead atoms. The molecule has 0 aliphatic carbocycles. The summed E-state index contributed by atoms with van der Waals surface area (Å²) >= 11 is 3.29. The maximum Gasteiger partial charge on any atom is 0.255 e. The Morgan fingerprint density at radius 1 is 1.15 bits per heavy atom. The molecule has 0 atom stereocenters. The number of nitrogens with zero attached hydrogens (tertiary/aromatic N) is 1. The predicted octanol–water partition coefficient (Wildman–Crippen LogP) is 4.26. The smallest absolute Gasteiger partial charge is 0.255 e. The van der Waals surface area contributed by atoms with Crippen LogP contribution in [0.1, 0.15) is 30.1 Å². The van der Waals surface area contributed by atoms with Gasteiger partial charge in [-0.15, -0.1) is 0 Å². The van der Waals surface area contributed by atoms with Crippen LogP contribution in [0, 0.1) is 11.7 Å². The summed E-state index contributed by atoms with van der Waals surface area (Å²) in [4.78, 5) is 12.6. The molecule has 1 aliphatic rings. The molecule has 8 heteroatoms. The van der Waals surface area contributed by atoms with Crippen molar-refractivity contribution < 1.29 is 17.6 Å².